The lowest BCUT2D eigenvalue weighted by Crippen LogP contribution is -2.33. The van der Waals surface area contributed by atoms with Crippen molar-refractivity contribution in [1.29, 1.82) is 0 Å². The molecule has 4 heteroatoms. The van der Waals surface area contributed by atoms with Crippen molar-refractivity contribution in [3.8, 4) is 0 Å². The first kappa shape index (κ1) is 14.5. The monoisotopic (exact) mass is 249 g/mol. The molecular formula is C14H23N3O. The van der Waals surface area contributed by atoms with Gasteiger partial charge in [0.15, 0.2) is 0 Å². The fourth-order valence-electron chi connectivity index (χ4n) is 1.75. The summed E-state index contributed by atoms with van der Waals surface area (Å²) in [5, 5.41) is 3.10. The number of carbonyl (C=O) groups excluding carboxylic acids is 1. The Morgan fingerprint density at radius 2 is 1.89 bits per heavy atom. The van der Waals surface area contributed by atoms with E-state index in [1.807, 2.05) is 53.3 Å². The summed E-state index contributed by atoms with van der Waals surface area (Å²) in [4.78, 5) is 16.0. The molecule has 18 heavy (non-hydrogen) atoms. The summed E-state index contributed by atoms with van der Waals surface area (Å²) in [6.45, 7) is 3.61. The van der Waals surface area contributed by atoms with Gasteiger partial charge in [-0.1, -0.05) is 0 Å². The fraction of sp³-hybridized carbons (Fsp3) is 0.500. The number of likely N-dealkylation sites (N-methyl/N-ethyl adjacent to an activating group) is 2. The molecule has 1 aromatic rings. The Morgan fingerprint density at radius 3 is 2.39 bits per heavy atom. The van der Waals surface area contributed by atoms with Crippen LogP contribution in [0.1, 0.15) is 15.9 Å². The van der Waals surface area contributed by atoms with Crippen molar-refractivity contribution in [2.24, 2.45) is 0 Å². The lowest BCUT2D eigenvalue weighted by molar-refractivity contribution is 0.0786. The van der Waals surface area contributed by atoms with Gasteiger partial charge in [-0.15, -0.1) is 0 Å². The van der Waals surface area contributed by atoms with Crippen LogP contribution in [0, 0.1) is 6.92 Å². The highest BCUT2D eigenvalue weighted by atomic mass is 16.2. The van der Waals surface area contributed by atoms with Crippen LogP contribution in [-0.2, 0) is 0 Å². The Labute approximate surface area is 110 Å². The molecule has 1 aromatic carbocycles. The first-order valence-electron chi connectivity index (χ1n) is 6.14. The van der Waals surface area contributed by atoms with Gasteiger partial charge in [0, 0.05) is 38.4 Å². The van der Waals surface area contributed by atoms with Gasteiger partial charge in [-0.25, -0.2) is 0 Å². The molecule has 1 N–H and O–H groups in total. The molecule has 0 saturated carbocycles. The van der Waals surface area contributed by atoms with Crippen molar-refractivity contribution in [2.75, 3.05) is 46.6 Å². The molecule has 1 rings (SSSR count). The smallest absolute Gasteiger partial charge is 0.253 e. The largest absolute Gasteiger partial charge is 0.388 e. The van der Waals surface area contributed by atoms with Crippen LogP contribution in [0.4, 0.5) is 5.69 Å². The van der Waals surface area contributed by atoms with Crippen LogP contribution in [0.5, 0.6) is 0 Å². The van der Waals surface area contributed by atoms with Crippen molar-refractivity contribution < 1.29 is 4.79 Å². The van der Waals surface area contributed by atoms with Gasteiger partial charge < -0.3 is 15.1 Å². The molecule has 0 unspecified atom stereocenters. The van der Waals surface area contributed by atoms with Crippen molar-refractivity contribution in [3.63, 3.8) is 0 Å². The molecule has 0 aliphatic carbocycles. The van der Waals surface area contributed by atoms with E-state index in [-0.39, 0.29) is 5.91 Å². The zero-order chi connectivity index (χ0) is 13.7. The maximum atomic E-state index is 12.2. The van der Waals surface area contributed by atoms with E-state index in [1.54, 1.807) is 4.90 Å². The number of amides is 1. The van der Waals surface area contributed by atoms with Gasteiger partial charge in [0.1, 0.15) is 0 Å². The molecule has 0 spiro atoms. The molecule has 0 radical (unpaired) electrons. The third kappa shape index (κ3) is 3.74. The van der Waals surface area contributed by atoms with Crippen LogP contribution in [0.15, 0.2) is 18.2 Å². The average Bonchev–Trinajstić information content (AvgIpc) is 2.34. The molecule has 0 bridgehead atoms. The molecule has 0 saturated heterocycles. The van der Waals surface area contributed by atoms with Gasteiger partial charge in [0.05, 0.1) is 0 Å². The molecule has 0 aliphatic heterocycles. The summed E-state index contributed by atoms with van der Waals surface area (Å²) in [7, 11) is 7.73. The van der Waals surface area contributed by atoms with Gasteiger partial charge >= 0.3 is 0 Å². The summed E-state index contributed by atoms with van der Waals surface area (Å²) >= 11 is 0. The van der Waals surface area contributed by atoms with Crippen molar-refractivity contribution >= 4 is 11.6 Å². The topological polar surface area (TPSA) is 35.6 Å². The van der Waals surface area contributed by atoms with Crippen LogP contribution < -0.4 is 5.32 Å². The third-order valence-electron chi connectivity index (χ3n) is 2.97. The number of rotatable bonds is 5. The number of benzene rings is 1. The zero-order valence-electron chi connectivity index (χ0n) is 11.9. The van der Waals surface area contributed by atoms with E-state index >= 15 is 0 Å². The van der Waals surface area contributed by atoms with E-state index in [4.69, 9.17) is 0 Å². The molecule has 1 amide bonds. The second-order valence-corrected chi connectivity index (χ2v) is 4.81. The maximum Gasteiger partial charge on any atom is 0.253 e. The van der Waals surface area contributed by atoms with Crippen LogP contribution in [0.3, 0.4) is 0 Å². The SMILES string of the molecule is CNc1ccc(C(=O)N(C)CCN(C)C)cc1C. The Kier molecular flexibility index (Phi) is 5.16. The Bertz CT molecular complexity index is 416. The first-order valence-corrected chi connectivity index (χ1v) is 6.14. The standard InChI is InChI=1S/C14H23N3O/c1-11-10-12(6-7-13(11)15-2)14(18)17(5)9-8-16(3)4/h6-7,10,15H,8-9H2,1-5H3. The number of nitrogens with one attached hydrogen (secondary N) is 1. The molecule has 0 atom stereocenters. The molecule has 100 valence electrons. The minimum atomic E-state index is 0.0719. The number of hydrogen-bond acceptors (Lipinski definition) is 3. The lowest BCUT2D eigenvalue weighted by atomic mass is 10.1. The van der Waals surface area contributed by atoms with E-state index in [0.717, 1.165) is 29.9 Å². The summed E-state index contributed by atoms with van der Waals surface area (Å²) in [5.74, 6) is 0.0719. The lowest BCUT2D eigenvalue weighted by Gasteiger charge is -2.20. The summed E-state index contributed by atoms with van der Waals surface area (Å²) in [6.07, 6.45) is 0. The normalized spacial score (nSPS) is 10.6. The minimum Gasteiger partial charge on any atom is -0.388 e. The number of aryl methyl sites for hydroxylation is 1. The molecule has 4 nitrogen and oxygen atoms in total. The van der Waals surface area contributed by atoms with Crippen LogP contribution >= 0.6 is 0 Å². The average molecular weight is 249 g/mol. The fourth-order valence-corrected chi connectivity index (χ4v) is 1.75. The maximum absolute atomic E-state index is 12.2. The number of carbonyl (C=O) groups is 1. The van der Waals surface area contributed by atoms with E-state index < -0.39 is 0 Å². The Hall–Kier alpha value is -1.55. The van der Waals surface area contributed by atoms with E-state index in [1.165, 1.54) is 0 Å². The highest BCUT2D eigenvalue weighted by Gasteiger charge is 2.12. The van der Waals surface area contributed by atoms with Gasteiger partial charge in [0.2, 0.25) is 0 Å². The number of hydrogen-bond donors (Lipinski definition) is 1. The van der Waals surface area contributed by atoms with Crippen LogP contribution in [0.2, 0.25) is 0 Å². The Morgan fingerprint density at radius 1 is 1.22 bits per heavy atom. The second-order valence-electron chi connectivity index (χ2n) is 4.81. The van der Waals surface area contributed by atoms with Gasteiger partial charge in [0.25, 0.3) is 5.91 Å². The van der Waals surface area contributed by atoms with Crippen LogP contribution in [-0.4, -0.2) is 57.0 Å². The number of anilines is 1. The van der Waals surface area contributed by atoms with E-state index in [2.05, 4.69) is 10.2 Å². The first-order chi connectivity index (χ1) is 8.45. The summed E-state index contributed by atoms with van der Waals surface area (Å²) < 4.78 is 0. The second kappa shape index (κ2) is 6.40. The summed E-state index contributed by atoms with van der Waals surface area (Å²) in [5.41, 5.74) is 2.89. The minimum absolute atomic E-state index is 0.0719. The van der Waals surface area contributed by atoms with Crippen LogP contribution in [0.25, 0.3) is 0 Å². The third-order valence-corrected chi connectivity index (χ3v) is 2.97. The molecule has 0 heterocycles. The predicted octanol–water partition coefficient (Wildman–Crippen LogP) is 1.67. The Balaban J connectivity index is 2.74. The number of nitrogens with zero attached hydrogens (tertiary/aromatic N) is 2. The van der Waals surface area contributed by atoms with Gasteiger partial charge in [-0.05, 0) is 44.8 Å². The van der Waals surface area contributed by atoms with Crippen molar-refractivity contribution in [3.05, 3.63) is 29.3 Å². The molecule has 0 aromatic heterocycles. The zero-order valence-corrected chi connectivity index (χ0v) is 11.9. The summed E-state index contributed by atoms with van der Waals surface area (Å²) in [6, 6.07) is 5.75. The quantitative estimate of drug-likeness (QED) is 0.862. The highest BCUT2D eigenvalue weighted by Crippen LogP contribution is 2.16. The van der Waals surface area contributed by atoms with Crippen molar-refractivity contribution in [2.45, 2.75) is 6.92 Å². The van der Waals surface area contributed by atoms with E-state index in [9.17, 15) is 4.79 Å². The molecular weight excluding hydrogens is 226 g/mol. The van der Waals surface area contributed by atoms with Gasteiger partial charge in [-0.2, -0.15) is 0 Å². The van der Waals surface area contributed by atoms with E-state index in [0.29, 0.717) is 0 Å². The highest BCUT2D eigenvalue weighted by molar-refractivity contribution is 5.94. The van der Waals surface area contributed by atoms with Gasteiger partial charge in [-0.3, -0.25) is 4.79 Å². The molecule has 0 aliphatic rings. The van der Waals surface area contributed by atoms with Crippen molar-refractivity contribution in [1.82, 2.24) is 9.80 Å². The molecule has 0 fully saturated rings. The predicted molar refractivity (Wildman–Crippen MR) is 76.2 cm³/mol.